The highest BCUT2D eigenvalue weighted by Gasteiger charge is 2.40. The van der Waals surface area contributed by atoms with Crippen molar-refractivity contribution in [1.82, 2.24) is 4.90 Å². The van der Waals surface area contributed by atoms with Gasteiger partial charge >= 0.3 is 0 Å². The van der Waals surface area contributed by atoms with E-state index in [0.717, 1.165) is 0 Å². The number of carbonyl (C=O) groups is 1. The Bertz CT molecular complexity index is 597. The van der Waals surface area contributed by atoms with E-state index in [-0.39, 0.29) is 34.9 Å². The quantitative estimate of drug-likeness (QED) is 0.781. The Morgan fingerprint density at radius 2 is 2.05 bits per heavy atom. The molecule has 0 aliphatic carbocycles. The molecule has 1 aromatic rings. The first-order valence-electron chi connectivity index (χ1n) is 7.14. The van der Waals surface area contributed by atoms with E-state index >= 15 is 0 Å². The third-order valence-corrected chi connectivity index (χ3v) is 4.65. The fraction of sp³-hybridized carbons (Fsp3) is 0.500. The second-order valence-corrected chi connectivity index (χ2v) is 5.82. The third-order valence-electron chi connectivity index (χ3n) is 4.65. The molecular formula is C16H17FN2O2. The van der Waals surface area contributed by atoms with Gasteiger partial charge in [-0.1, -0.05) is 6.07 Å². The van der Waals surface area contributed by atoms with E-state index in [9.17, 15) is 9.18 Å². The molecule has 0 spiro atoms. The first kappa shape index (κ1) is 14.2. The van der Waals surface area contributed by atoms with Crippen molar-refractivity contribution in [3.8, 4) is 6.07 Å². The molecule has 2 heterocycles. The van der Waals surface area contributed by atoms with E-state index in [1.807, 2.05) is 6.07 Å². The summed E-state index contributed by atoms with van der Waals surface area (Å²) in [5, 5.41) is 9.08. The van der Waals surface area contributed by atoms with Gasteiger partial charge in [0.15, 0.2) is 5.78 Å². The van der Waals surface area contributed by atoms with Gasteiger partial charge in [-0.15, -0.1) is 0 Å². The number of hydrogen-bond acceptors (Lipinski definition) is 4. The van der Waals surface area contributed by atoms with Crippen molar-refractivity contribution in [2.75, 3.05) is 20.3 Å². The van der Waals surface area contributed by atoms with Crippen LogP contribution in [-0.4, -0.2) is 43.0 Å². The normalized spacial score (nSPS) is 28.9. The van der Waals surface area contributed by atoms with Crippen molar-refractivity contribution in [3.05, 3.63) is 35.1 Å². The number of benzene rings is 1. The van der Waals surface area contributed by atoms with Crippen LogP contribution in [0.3, 0.4) is 0 Å². The van der Waals surface area contributed by atoms with Gasteiger partial charge in [-0.2, -0.15) is 5.26 Å². The Hall–Kier alpha value is -1.77. The van der Waals surface area contributed by atoms with Crippen LogP contribution in [0, 0.1) is 23.1 Å². The van der Waals surface area contributed by atoms with E-state index in [1.165, 1.54) is 12.1 Å². The van der Waals surface area contributed by atoms with E-state index in [0.29, 0.717) is 26.1 Å². The van der Waals surface area contributed by atoms with Crippen LogP contribution >= 0.6 is 0 Å². The highest BCUT2D eigenvalue weighted by Crippen LogP contribution is 2.33. The van der Waals surface area contributed by atoms with Crippen molar-refractivity contribution in [1.29, 1.82) is 5.26 Å². The molecule has 0 radical (unpaired) electrons. The van der Waals surface area contributed by atoms with Crippen LogP contribution in [0.4, 0.5) is 4.39 Å². The zero-order valence-corrected chi connectivity index (χ0v) is 11.9. The number of rotatable bonds is 2. The highest BCUT2D eigenvalue weighted by molar-refractivity contribution is 6.00. The van der Waals surface area contributed by atoms with Gasteiger partial charge in [0.2, 0.25) is 0 Å². The van der Waals surface area contributed by atoms with Gasteiger partial charge < -0.3 is 4.74 Å². The molecule has 0 N–H and O–H groups in total. The van der Waals surface area contributed by atoms with E-state index in [1.54, 1.807) is 6.07 Å². The molecule has 4 nitrogen and oxygen atoms in total. The monoisotopic (exact) mass is 288 g/mol. The van der Waals surface area contributed by atoms with Gasteiger partial charge in [0.25, 0.3) is 0 Å². The minimum Gasteiger partial charge on any atom is -0.378 e. The molecule has 2 fully saturated rings. The third kappa shape index (κ3) is 2.45. The Kier molecular flexibility index (Phi) is 3.75. The molecule has 3 rings (SSSR count). The smallest absolute Gasteiger partial charge is 0.167 e. The van der Waals surface area contributed by atoms with Gasteiger partial charge in [0, 0.05) is 23.6 Å². The Morgan fingerprint density at radius 3 is 2.67 bits per heavy atom. The maximum atomic E-state index is 13.7. The topological polar surface area (TPSA) is 53.3 Å². The van der Waals surface area contributed by atoms with Crippen LogP contribution in [-0.2, 0) is 4.74 Å². The minimum absolute atomic E-state index is 0.115. The number of piperidine rings is 1. The lowest BCUT2D eigenvalue weighted by atomic mass is 9.80. The fourth-order valence-corrected chi connectivity index (χ4v) is 3.37. The molecule has 2 aliphatic heterocycles. The fourth-order valence-electron chi connectivity index (χ4n) is 3.37. The average Bonchev–Trinajstić information content (AvgIpc) is 2.46. The summed E-state index contributed by atoms with van der Waals surface area (Å²) in [7, 11) is 2.06. The molecule has 2 bridgehead atoms. The molecule has 2 atom stereocenters. The first-order valence-corrected chi connectivity index (χ1v) is 7.14. The van der Waals surface area contributed by atoms with Crippen molar-refractivity contribution in [2.24, 2.45) is 5.92 Å². The molecule has 2 aliphatic rings. The summed E-state index contributed by atoms with van der Waals surface area (Å²) in [6.45, 7) is 1.26. The number of likely N-dealkylation sites (N-methyl/N-ethyl adjacent to an activating group) is 1. The summed E-state index contributed by atoms with van der Waals surface area (Å²) in [6.07, 6.45) is 1.40. The lowest BCUT2D eigenvalue weighted by molar-refractivity contribution is -0.0702. The number of nitrogens with zero attached hydrogens (tertiary/aromatic N) is 2. The zero-order chi connectivity index (χ0) is 15.0. The number of morpholine rings is 1. The van der Waals surface area contributed by atoms with Crippen LogP contribution in [0.15, 0.2) is 18.2 Å². The molecule has 21 heavy (non-hydrogen) atoms. The Morgan fingerprint density at radius 1 is 1.38 bits per heavy atom. The molecule has 0 amide bonds. The Balaban J connectivity index is 1.87. The predicted molar refractivity (Wildman–Crippen MR) is 74.3 cm³/mol. The lowest BCUT2D eigenvalue weighted by Gasteiger charge is -2.46. The summed E-state index contributed by atoms with van der Waals surface area (Å²) in [5.74, 6) is -0.898. The van der Waals surface area contributed by atoms with Gasteiger partial charge in [0.1, 0.15) is 11.9 Å². The van der Waals surface area contributed by atoms with E-state index in [2.05, 4.69) is 11.9 Å². The molecule has 110 valence electrons. The molecule has 5 heteroatoms. The SMILES string of the molecule is CN1C2COCC1CC(C(=O)c1cccc(F)c1C#N)C2. The van der Waals surface area contributed by atoms with Gasteiger partial charge in [-0.3, -0.25) is 9.69 Å². The molecule has 2 saturated heterocycles. The van der Waals surface area contributed by atoms with E-state index in [4.69, 9.17) is 10.00 Å². The van der Waals surface area contributed by atoms with Gasteiger partial charge in [0.05, 0.1) is 18.8 Å². The van der Waals surface area contributed by atoms with Crippen LogP contribution < -0.4 is 0 Å². The van der Waals surface area contributed by atoms with Crippen LogP contribution in [0.1, 0.15) is 28.8 Å². The number of Topliss-reactive ketones (excluding diaryl/α,β-unsaturated/α-hetero) is 1. The average molecular weight is 288 g/mol. The second kappa shape index (κ2) is 5.55. The standard InChI is InChI=1S/C16H17FN2O2/c1-19-11-5-10(6-12(19)9-21-8-11)16(20)13-3-2-4-15(17)14(13)7-18/h2-4,10-12H,5-6,8-9H2,1H3. The second-order valence-electron chi connectivity index (χ2n) is 5.82. The molecular weight excluding hydrogens is 271 g/mol. The maximum absolute atomic E-state index is 13.7. The molecule has 1 aromatic carbocycles. The number of fused-ring (bicyclic) bond motifs is 2. The number of ketones is 1. The van der Waals surface area contributed by atoms with Crippen molar-refractivity contribution < 1.29 is 13.9 Å². The number of hydrogen-bond donors (Lipinski definition) is 0. The van der Waals surface area contributed by atoms with Gasteiger partial charge in [-0.25, -0.2) is 4.39 Å². The summed E-state index contributed by atoms with van der Waals surface area (Å²) >= 11 is 0. The summed E-state index contributed by atoms with van der Waals surface area (Å²) in [4.78, 5) is 15.0. The molecule has 0 aromatic heterocycles. The number of carbonyl (C=O) groups excluding carboxylic acids is 1. The van der Waals surface area contributed by atoms with Gasteiger partial charge in [-0.05, 0) is 32.0 Å². The summed E-state index contributed by atoms with van der Waals surface area (Å²) < 4.78 is 19.2. The largest absolute Gasteiger partial charge is 0.378 e. The predicted octanol–water partition coefficient (Wildman–Crippen LogP) is 1.99. The summed E-state index contributed by atoms with van der Waals surface area (Å²) in [5.41, 5.74) is 0.0777. The number of ether oxygens (including phenoxy) is 1. The number of nitriles is 1. The van der Waals surface area contributed by atoms with Crippen LogP contribution in [0.5, 0.6) is 0 Å². The van der Waals surface area contributed by atoms with E-state index < -0.39 is 5.82 Å². The number of halogens is 1. The van der Waals surface area contributed by atoms with Crippen LogP contribution in [0.2, 0.25) is 0 Å². The highest BCUT2D eigenvalue weighted by atomic mass is 19.1. The zero-order valence-electron chi connectivity index (χ0n) is 11.9. The van der Waals surface area contributed by atoms with Crippen molar-refractivity contribution in [2.45, 2.75) is 24.9 Å². The minimum atomic E-state index is -0.625. The summed E-state index contributed by atoms with van der Waals surface area (Å²) in [6, 6.07) is 6.52. The lowest BCUT2D eigenvalue weighted by Crippen LogP contribution is -2.55. The molecule has 2 unspecified atom stereocenters. The van der Waals surface area contributed by atoms with Crippen LogP contribution in [0.25, 0.3) is 0 Å². The van der Waals surface area contributed by atoms with Crippen molar-refractivity contribution in [3.63, 3.8) is 0 Å². The first-order chi connectivity index (χ1) is 10.1. The Labute approximate surface area is 123 Å². The molecule has 0 saturated carbocycles. The van der Waals surface area contributed by atoms with Crippen molar-refractivity contribution >= 4 is 5.78 Å². The maximum Gasteiger partial charge on any atom is 0.167 e.